The van der Waals surface area contributed by atoms with E-state index in [0.29, 0.717) is 6.54 Å². The van der Waals surface area contributed by atoms with Crippen molar-refractivity contribution in [3.8, 4) is 0 Å². The molecule has 0 amide bonds. The molecule has 4 heteroatoms. The molecule has 0 saturated heterocycles. The first-order valence-corrected chi connectivity index (χ1v) is 8.46. The van der Waals surface area contributed by atoms with E-state index in [1.807, 2.05) is 28.8 Å². The normalized spacial score (nSPS) is 14.7. The number of pyridine rings is 2. The average Bonchev–Trinajstić information content (AvgIpc) is 2.62. The summed E-state index contributed by atoms with van der Waals surface area (Å²) in [6, 6.07) is 14.2. The third-order valence-electron chi connectivity index (χ3n) is 4.88. The van der Waals surface area contributed by atoms with Crippen LogP contribution in [0.15, 0.2) is 53.5 Å². The van der Waals surface area contributed by atoms with Crippen LogP contribution in [0, 0.1) is 0 Å². The van der Waals surface area contributed by atoms with Crippen LogP contribution in [-0.2, 0) is 25.9 Å². The van der Waals surface area contributed by atoms with Gasteiger partial charge in [-0.1, -0.05) is 24.3 Å². The van der Waals surface area contributed by atoms with Gasteiger partial charge in [0.2, 0.25) is 0 Å². The summed E-state index contributed by atoms with van der Waals surface area (Å²) in [5.41, 5.74) is 4.42. The van der Waals surface area contributed by atoms with Crippen LogP contribution >= 0.6 is 0 Å². The van der Waals surface area contributed by atoms with Gasteiger partial charge in [-0.15, -0.1) is 0 Å². The second-order valence-electron chi connectivity index (χ2n) is 6.49. The van der Waals surface area contributed by atoms with Gasteiger partial charge in [0, 0.05) is 48.9 Å². The first kappa shape index (κ1) is 15.1. The van der Waals surface area contributed by atoms with Crippen LogP contribution < -0.4 is 5.56 Å². The van der Waals surface area contributed by atoms with Gasteiger partial charge in [0.1, 0.15) is 0 Å². The molecule has 4 rings (SSSR count). The predicted octanol–water partition coefficient (Wildman–Crippen LogP) is 2.63. The first-order chi connectivity index (χ1) is 11.7. The monoisotopic (exact) mass is 319 g/mol. The van der Waals surface area contributed by atoms with Crippen LogP contribution in [0.25, 0.3) is 10.9 Å². The van der Waals surface area contributed by atoms with Gasteiger partial charge in [-0.25, -0.2) is 0 Å². The van der Waals surface area contributed by atoms with Crippen molar-refractivity contribution in [3.05, 3.63) is 75.8 Å². The minimum Gasteiger partial charge on any atom is -0.308 e. The summed E-state index contributed by atoms with van der Waals surface area (Å²) >= 11 is 0. The third kappa shape index (κ3) is 2.63. The summed E-state index contributed by atoms with van der Waals surface area (Å²) in [4.78, 5) is 19.7. The van der Waals surface area contributed by atoms with Crippen molar-refractivity contribution in [2.24, 2.45) is 0 Å². The summed E-state index contributed by atoms with van der Waals surface area (Å²) < 4.78 is 1.93. The fourth-order valence-electron chi connectivity index (χ4n) is 3.62. The van der Waals surface area contributed by atoms with Crippen molar-refractivity contribution in [2.75, 3.05) is 13.6 Å². The van der Waals surface area contributed by atoms with Crippen LogP contribution in [0.5, 0.6) is 0 Å². The molecule has 0 spiro atoms. The van der Waals surface area contributed by atoms with E-state index in [1.165, 1.54) is 10.9 Å². The molecule has 0 N–H and O–H groups in total. The van der Waals surface area contributed by atoms with Gasteiger partial charge in [-0.3, -0.25) is 9.78 Å². The maximum Gasteiger partial charge on any atom is 0.255 e. The molecule has 0 bridgehead atoms. The Morgan fingerprint density at radius 3 is 2.75 bits per heavy atom. The van der Waals surface area contributed by atoms with E-state index < -0.39 is 0 Å². The number of aromatic nitrogens is 2. The van der Waals surface area contributed by atoms with Crippen LogP contribution in [-0.4, -0.2) is 28.0 Å². The van der Waals surface area contributed by atoms with Crippen LogP contribution in [0.1, 0.15) is 16.8 Å². The molecule has 1 aliphatic heterocycles. The van der Waals surface area contributed by atoms with E-state index in [0.717, 1.165) is 42.7 Å². The molecule has 0 unspecified atom stereocenters. The van der Waals surface area contributed by atoms with E-state index in [1.54, 1.807) is 6.20 Å². The fourth-order valence-corrected chi connectivity index (χ4v) is 3.62. The summed E-state index contributed by atoms with van der Waals surface area (Å²) in [7, 11) is 2.08. The number of aryl methyl sites for hydroxylation is 2. The molecule has 3 aromatic rings. The second-order valence-corrected chi connectivity index (χ2v) is 6.49. The summed E-state index contributed by atoms with van der Waals surface area (Å²) in [5, 5.41) is 1.22. The molecule has 4 nitrogen and oxygen atoms in total. The van der Waals surface area contributed by atoms with Gasteiger partial charge in [-0.2, -0.15) is 0 Å². The molecule has 0 saturated carbocycles. The molecular weight excluding hydrogens is 298 g/mol. The standard InChI is InChI=1S/C20H21N3O/c1-22-12-10-16-17-7-2-3-8-19(17)23(20(24)18(16)14-22)13-9-15-6-4-5-11-21-15/h2-8,11H,9-10,12-14H2,1H3. The zero-order valence-electron chi connectivity index (χ0n) is 13.9. The number of hydrogen-bond acceptors (Lipinski definition) is 3. The lowest BCUT2D eigenvalue weighted by atomic mass is 9.96. The second kappa shape index (κ2) is 6.21. The fraction of sp³-hybridized carbons (Fsp3) is 0.300. The van der Waals surface area contributed by atoms with Gasteiger partial charge in [-0.05, 0) is 37.2 Å². The van der Waals surface area contributed by atoms with Crippen LogP contribution in [0.2, 0.25) is 0 Å². The minimum atomic E-state index is 0.159. The molecular formula is C20H21N3O. The van der Waals surface area contributed by atoms with E-state index >= 15 is 0 Å². The summed E-state index contributed by atoms with van der Waals surface area (Å²) in [5.74, 6) is 0. The van der Waals surface area contributed by atoms with Gasteiger partial charge >= 0.3 is 0 Å². The molecule has 2 aromatic heterocycles. The summed E-state index contributed by atoms with van der Waals surface area (Å²) in [6.07, 6.45) is 3.51. The van der Waals surface area contributed by atoms with Crippen molar-refractivity contribution < 1.29 is 0 Å². The molecule has 0 radical (unpaired) electrons. The quantitative estimate of drug-likeness (QED) is 0.745. The van der Waals surface area contributed by atoms with Gasteiger partial charge in [0.15, 0.2) is 0 Å². The molecule has 0 aliphatic carbocycles. The van der Waals surface area contributed by atoms with Crippen molar-refractivity contribution in [3.63, 3.8) is 0 Å². The van der Waals surface area contributed by atoms with Crippen molar-refractivity contribution >= 4 is 10.9 Å². The highest BCUT2D eigenvalue weighted by Crippen LogP contribution is 2.24. The lowest BCUT2D eigenvalue weighted by molar-refractivity contribution is 0.311. The summed E-state index contributed by atoms with van der Waals surface area (Å²) in [6.45, 7) is 2.41. The first-order valence-electron chi connectivity index (χ1n) is 8.46. The van der Waals surface area contributed by atoms with E-state index in [9.17, 15) is 4.79 Å². The van der Waals surface area contributed by atoms with E-state index in [4.69, 9.17) is 0 Å². The Balaban J connectivity index is 1.82. The number of fused-ring (bicyclic) bond motifs is 3. The third-order valence-corrected chi connectivity index (χ3v) is 4.88. The minimum absolute atomic E-state index is 0.159. The highest BCUT2D eigenvalue weighted by atomic mass is 16.1. The van der Waals surface area contributed by atoms with Crippen molar-refractivity contribution in [1.82, 2.24) is 14.5 Å². The Bertz CT molecular complexity index is 931. The van der Waals surface area contributed by atoms with Crippen LogP contribution in [0.3, 0.4) is 0 Å². The van der Waals surface area contributed by atoms with E-state index in [-0.39, 0.29) is 5.56 Å². The highest BCUT2D eigenvalue weighted by Gasteiger charge is 2.21. The maximum absolute atomic E-state index is 13.1. The molecule has 1 aromatic carbocycles. The Labute approximate surface area is 141 Å². The molecule has 0 fully saturated rings. The van der Waals surface area contributed by atoms with Gasteiger partial charge < -0.3 is 9.47 Å². The molecule has 122 valence electrons. The molecule has 3 heterocycles. The number of likely N-dealkylation sites (N-methyl/N-ethyl adjacent to an activating group) is 1. The zero-order chi connectivity index (χ0) is 16.5. The lowest BCUT2D eigenvalue weighted by Gasteiger charge is -2.27. The Morgan fingerprint density at radius 2 is 1.92 bits per heavy atom. The zero-order valence-corrected chi connectivity index (χ0v) is 13.9. The molecule has 24 heavy (non-hydrogen) atoms. The van der Waals surface area contributed by atoms with Gasteiger partial charge in [0.25, 0.3) is 5.56 Å². The topological polar surface area (TPSA) is 38.1 Å². The Hall–Kier alpha value is -2.46. The predicted molar refractivity (Wildman–Crippen MR) is 96.2 cm³/mol. The SMILES string of the molecule is CN1CCc2c(c(=O)n(CCc3ccccn3)c3ccccc23)C1. The Morgan fingerprint density at radius 1 is 1.08 bits per heavy atom. The van der Waals surface area contributed by atoms with Gasteiger partial charge in [0.05, 0.1) is 5.52 Å². The molecule has 0 atom stereocenters. The lowest BCUT2D eigenvalue weighted by Crippen LogP contribution is -2.35. The number of nitrogens with zero attached hydrogens (tertiary/aromatic N) is 3. The number of hydrogen-bond donors (Lipinski definition) is 0. The largest absolute Gasteiger partial charge is 0.308 e. The van der Waals surface area contributed by atoms with Crippen molar-refractivity contribution in [1.29, 1.82) is 0 Å². The molecule has 1 aliphatic rings. The number of benzene rings is 1. The maximum atomic E-state index is 13.1. The number of rotatable bonds is 3. The number of para-hydroxylation sites is 1. The van der Waals surface area contributed by atoms with E-state index in [2.05, 4.69) is 35.1 Å². The smallest absolute Gasteiger partial charge is 0.255 e. The Kier molecular flexibility index (Phi) is 3.90. The highest BCUT2D eigenvalue weighted by molar-refractivity contribution is 5.84. The average molecular weight is 319 g/mol. The van der Waals surface area contributed by atoms with Crippen LogP contribution in [0.4, 0.5) is 0 Å². The van der Waals surface area contributed by atoms with Crippen molar-refractivity contribution in [2.45, 2.75) is 25.9 Å².